The summed E-state index contributed by atoms with van der Waals surface area (Å²) >= 11 is 0. The van der Waals surface area contributed by atoms with E-state index in [1.807, 2.05) is 42.5 Å². The van der Waals surface area contributed by atoms with Crippen LogP contribution in [0.15, 0.2) is 54.6 Å². The number of nitrogens with one attached hydrogen (secondary N) is 1. The summed E-state index contributed by atoms with van der Waals surface area (Å²) in [4.78, 5) is 11.5. The summed E-state index contributed by atoms with van der Waals surface area (Å²) in [5.41, 5.74) is 1.22. The number of hydrogen-bond donors (Lipinski definition) is 1. The molecule has 1 rings (SSSR count). The summed E-state index contributed by atoms with van der Waals surface area (Å²) < 4.78 is 0. The van der Waals surface area contributed by atoms with Gasteiger partial charge in [-0.2, -0.15) is 0 Å². The molecule has 0 spiro atoms. The van der Waals surface area contributed by atoms with Gasteiger partial charge in [-0.1, -0.05) is 54.5 Å². The van der Waals surface area contributed by atoms with Crippen LogP contribution in [0.5, 0.6) is 0 Å². The highest BCUT2D eigenvalue weighted by atomic mass is 16.1. The van der Waals surface area contributed by atoms with Crippen LogP contribution in [-0.2, 0) is 11.2 Å². The van der Waals surface area contributed by atoms with Crippen LogP contribution < -0.4 is 5.32 Å². The molecular formula is C19H19NO. The van der Waals surface area contributed by atoms with Gasteiger partial charge in [0.25, 0.3) is 0 Å². The molecule has 0 atom stereocenters. The second kappa shape index (κ2) is 11.1. The number of carbonyl (C=O) groups is 1. The van der Waals surface area contributed by atoms with Crippen molar-refractivity contribution in [3.63, 3.8) is 0 Å². The molecule has 0 unspecified atom stereocenters. The monoisotopic (exact) mass is 277 g/mol. The molecule has 21 heavy (non-hydrogen) atoms. The van der Waals surface area contributed by atoms with Crippen molar-refractivity contribution in [2.45, 2.75) is 19.3 Å². The average molecular weight is 277 g/mol. The minimum atomic E-state index is -0.0808. The molecular weight excluding hydrogens is 258 g/mol. The molecule has 1 aromatic rings. The lowest BCUT2D eigenvalue weighted by molar-refractivity contribution is -0.116. The molecule has 2 nitrogen and oxygen atoms in total. The predicted molar refractivity (Wildman–Crippen MR) is 87.3 cm³/mol. The number of rotatable bonds is 7. The summed E-state index contributed by atoms with van der Waals surface area (Å²) in [6, 6.07) is 10.1. The Hall–Kier alpha value is -2.71. The Morgan fingerprint density at radius 1 is 1.24 bits per heavy atom. The molecule has 0 heterocycles. The molecule has 1 N–H and O–H groups in total. The Bertz CT molecular complexity index is 579. The number of carbonyl (C=O) groups excluding carboxylic acids is 1. The number of hydrogen-bond acceptors (Lipinski definition) is 1. The van der Waals surface area contributed by atoms with Gasteiger partial charge in [-0.3, -0.25) is 4.79 Å². The first kappa shape index (κ1) is 16.3. The lowest BCUT2D eigenvalue weighted by atomic mass is 10.1. The summed E-state index contributed by atoms with van der Waals surface area (Å²) in [7, 11) is 0. The molecule has 0 bridgehead atoms. The minimum Gasteiger partial charge on any atom is -0.352 e. The topological polar surface area (TPSA) is 29.1 Å². The maximum atomic E-state index is 11.5. The highest BCUT2D eigenvalue weighted by Crippen LogP contribution is 1.98. The van der Waals surface area contributed by atoms with E-state index in [0.717, 1.165) is 19.3 Å². The van der Waals surface area contributed by atoms with Gasteiger partial charge in [-0.25, -0.2) is 0 Å². The van der Waals surface area contributed by atoms with Crippen LogP contribution in [0, 0.1) is 24.2 Å². The third-order valence-electron chi connectivity index (χ3n) is 2.65. The molecule has 106 valence electrons. The highest BCUT2D eigenvalue weighted by Gasteiger charge is 1.94. The van der Waals surface area contributed by atoms with Crippen molar-refractivity contribution in [2.75, 3.05) is 6.54 Å². The third kappa shape index (κ3) is 8.92. The second-order valence-electron chi connectivity index (χ2n) is 4.30. The molecule has 2 heteroatoms. The van der Waals surface area contributed by atoms with Gasteiger partial charge in [0.15, 0.2) is 0 Å². The maximum absolute atomic E-state index is 11.5. The largest absolute Gasteiger partial charge is 0.352 e. The minimum absolute atomic E-state index is 0.0808. The Morgan fingerprint density at radius 3 is 2.81 bits per heavy atom. The molecule has 0 radical (unpaired) electrons. The van der Waals surface area contributed by atoms with E-state index in [1.54, 1.807) is 6.08 Å². The standard InChI is InChI=1S/C19H19NO/c1-2-3-4-5-6-7-8-12-15-19(21)20-17-16-18-13-10-9-11-14-18/h1,7-15H,5-6,16-17H2,(H,20,21). The average Bonchev–Trinajstić information content (AvgIpc) is 2.51. The van der Waals surface area contributed by atoms with Crippen LogP contribution in [0.4, 0.5) is 0 Å². The van der Waals surface area contributed by atoms with Crippen molar-refractivity contribution in [1.29, 1.82) is 0 Å². The van der Waals surface area contributed by atoms with Crippen molar-refractivity contribution in [2.24, 2.45) is 0 Å². The van der Waals surface area contributed by atoms with Crippen LogP contribution in [0.25, 0.3) is 0 Å². The Kier molecular flexibility index (Phi) is 8.67. The molecule has 0 saturated heterocycles. The molecule has 0 fully saturated rings. The van der Waals surface area contributed by atoms with E-state index in [0.29, 0.717) is 6.54 Å². The lowest BCUT2D eigenvalue weighted by Crippen LogP contribution is -2.23. The van der Waals surface area contributed by atoms with Gasteiger partial charge in [0.1, 0.15) is 0 Å². The van der Waals surface area contributed by atoms with Crippen LogP contribution in [0.2, 0.25) is 0 Å². The fraction of sp³-hybridized carbons (Fsp3) is 0.211. The summed E-state index contributed by atoms with van der Waals surface area (Å²) in [5, 5.41) is 2.85. The van der Waals surface area contributed by atoms with E-state index in [4.69, 9.17) is 6.42 Å². The molecule has 0 aliphatic heterocycles. The predicted octanol–water partition coefficient (Wildman–Crippen LogP) is 2.87. The summed E-state index contributed by atoms with van der Waals surface area (Å²) in [6.45, 7) is 0.637. The molecule has 0 saturated carbocycles. The van der Waals surface area contributed by atoms with Crippen molar-refractivity contribution in [3.05, 3.63) is 60.2 Å². The first-order valence-electron chi connectivity index (χ1n) is 6.91. The SMILES string of the molecule is C#CC#CCCC=CC=CC(=O)NCCc1ccccc1. The van der Waals surface area contributed by atoms with Crippen LogP contribution in [-0.4, -0.2) is 12.5 Å². The van der Waals surface area contributed by atoms with E-state index in [1.165, 1.54) is 11.6 Å². The van der Waals surface area contributed by atoms with E-state index in [2.05, 4.69) is 23.1 Å². The summed E-state index contributed by atoms with van der Waals surface area (Å²) in [6.07, 6.45) is 14.5. The maximum Gasteiger partial charge on any atom is 0.243 e. The zero-order valence-corrected chi connectivity index (χ0v) is 12.0. The highest BCUT2D eigenvalue weighted by molar-refractivity contribution is 5.87. The van der Waals surface area contributed by atoms with Crippen molar-refractivity contribution in [3.8, 4) is 24.2 Å². The third-order valence-corrected chi connectivity index (χ3v) is 2.65. The van der Waals surface area contributed by atoms with E-state index in [-0.39, 0.29) is 5.91 Å². The van der Waals surface area contributed by atoms with E-state index >= 15 is 0 Å². The zero-order chi connectivity index (χ0) is 15.2. The molecule has 1 amide bonds. The van der Waals surface area contributed by atoms with Gasteiger partial charge < -0.3 is 5.32 Å². The number of allylic oxidation sites excluding steroid dienone is 3. The van der Waals surface area contributed by atoms with E-state index in [9.17, 15) is 4.79 Å². The zero-order valence-electron chi connectivity index (χ0n) is 12.0. The van der Waals surface area contributed by atoms with Gasteiger partial charge in [-0.15, -0.1) is 6.42 Å². The van der Waals surface area contributed by atoms with Gasteiger partial charge in [0.05, 0.1) is 0 Å². The molecule has 0 aliphatic rings. The van der Waals surface area contributed by atoms with Crippen LogP contribution in [0.1, 0.15) is 18.4 Å². The number of benzene rings is 1. The number of amides is 1. The van der Waals surface area contributed by atoms with Gasteiger partial charge in [0.2, 0.25) is 5.91 Å². The first-order valence-corrected chi connectivity index (χ1v) is 6.91. The fourth-order valence-electron chi connectivity index (χ4n) is 1.62. The molecule has 0 aromatic heterocycles. The Morgan fingerprint density at radius 2 is 2.05 bits per heavy atom. The number of unbranched alkanes of at least 4 members (excludes halogenated alkanes) is 1. The Labute approximate surface area is 127 Å². The van der Waals surface area contributed by atoms with E-state index < -0.39 is 0 Å². The van der Waals surface area contributed by atoms with Crippen molar-refractivity contribution in [1.82, 2.24) is 5.32 Å². The first-order chi connectivity index (χ1) is 10.3. The van der Waals surface area contributed by atoms with Gasteiger partial charge in [-0.05, 0) is 30.2 Å². The fourth-order valence-corrected chi connectivity index (χ4v) is 1.62. The van der Waals surface area contributed by atoms with Gasteiger partial charge in [0, 0.05) is 19.0 Å². The normalized spacial score (nSPS) is 10.0. The Balaban J connectivity index is 2.14. The van der Waals surface area contributed by atoms with Crippen LogP contribution in [0.3, 0.4) is 0 Å². The molecule has 0 aliphatic carbocycles. The summed E-state index contributed by atoms with van der Waals surface area (Å²) in [5.74, 6) is 7.58. The molecule has 1 aromatic carbocycles. The van der Waals surface area contributed by atoms with Crippen molar-refractivity contribution < 1.29 is 4.79 Å². The second-order valence-corrected chi connectivity index (χ2v) is 4.30. The van der Waals surface area contributed by atoms with Gasteiger partial charge >= 0.3 is 0 Å². The quantitative estimate of drug-likeness (QED) is 0.353. The smallest absolute Gasteiger partial charge is 0.243 e. The lowest BCUT2D eigenvalue weighted by Gasteiger charge is -2.01. The van der Waals surface area contributed by atoms with Crippen LogP contribution >= 0.6 is 0 Å². The van der Waals surface area contributed by atoms with Crippen molar-refractivity contribution >= 4 is 5.91 Å². The number of terminal acetylenes is 1.